The van der Waals surface area contributed by atoms with E-state index in [1.54, 1.807) is 0 Å². The Labute approximate surface area is 116 Å². The van der Waals surface area contributed by atoms with Crippen LogP contribution < -0.4 is 5.32 Å². The predicted molar refractivity (Wildman–Crippen MR) is 77.6 cm³/mol. The van der Waals surface area contributed by atoms with Crippen molar-refractivity contribution in [1.82, 2.24) is 0 Å². The molecule has 0 aliphatic rings. The first kappa shape index (κ1) is 13.1. The molecule has 0 saturated carbocycles. The molecule has 0 radical (unpaired) electrons. The monoisotopic (exact) mass is 279 g/mol. The van der Waals surface area contributed by atoms with Crippen molar-refractivity contribution in [3.8, 4) is 0 Å². The maximum absolute atomic E-state index is 11.9. The molecule has 2 aromatic rings. The summed E-state index contributed by atoms with van der Waals surface area (Å²) in [6.45, 7) is 4.04. The van der Waals surface area contributed by atoms with Crippen LogP contribution >= 0.6 is 22.9 Å². The van der Waals surface area contributed by atoms with Crippen LogP contribution in [0.4, 0.5) is 5.69 Å². The van der Waals surface area contributed by atoms with E-state index < -0.39 is 0 Å². The number of benzene rings is 1. The molecule has 0 aliphatic heterocycles. The minimum Gasteiger partial charge on any atom is -0.326 e. The summed E-state index contributed by atoms with van der Waals surface area (Å²) in [5.41, 5.74) is 3.16. The van der Waals surface area contributed by atoms with Crippen molar-refractivity contribution in [3.63, 3.8) is 0 Å². The molecule has 1 aromatic carbocycles. The van der Waals surface area contributed by atoms with Crippen molar-refractivity contribution >= 4 is 34.5 Å². The Morgan fingerprint density at radius 3 is 2.72 bits per heavy atom. The molecule has 0 atom stereocenters. The van der Waals surface area contributed by atoms with Crippen molar-refractivity contribution in [2.24, 2.45) is 0 Å². The molecule has 4 heteroatoms. The van der Waals surface area contributed by atoms with Gasteiger partial charge in [0.1, 0.15) is 0 Å². The van der Waals surface area contributed by atoms with Crippen LogP contribution in [0.5, 0.6) is 0 Å². The number of hydrogen-bond donors (Lipinski definition) is 1. The summed E-state index contributed by atoms with van der Waals surface area (Å²) in [6, 6.07) is 9.59. The van der Waals surface area contributed by atoms with E-state index in [1.165, 1.54) is 16.9 Å². The highest BCUT2D eigenvalue weighted by atomic mass is 35.5. The van der Waals surface area contributed by atoms with E-state index in [2.05, 4.69) is 5.32 Å². The lowest BCUT2D eigenvalue weighted by atomic mass is 10.1. The molecule has 0 aliphatic carbocycles. The van der Waals surface area contributed by atoms with Gasteiger partial charge in [0.25, 0.3) is 0 Å². The molecule has 0 bridgehead atoms. The Morgan fingerprint density at radius 1 is 1.28 bits per heavy atom. The highest BCUT2D eigenvalue weighted by Gasteiger charge is 2.08. The maximum Gasteiger partial charge on any atom is 0.229 e. The molecule has 1 amide bonds. The number of thiophene rings is 1. The molecule has 0 saturated heterocycles. The van der Waals surface area contributed by atoms with E-state index >= 15 is 0 Å². The van der Waals surface area contributed by atoms with Gasteiger partial charge in [0.15, 0.2) is 0 Å². The van der Waals surface area contributed by atoms with Gasteiger partial charge in [-0.05, 0) is 43.2 Å². The van der Waals surface area contributed by atoms with E-state index in [0.29, 0.717) is 10.8 Å². The third kappa shape index (κ3) is 3.12. The van der Waals surface area contributed by atoms with Gasteiger partial charge in [-0.25, -0.2) is 0 Å². The van der Waals surface area contributed by atoms with Gasteiger partial charge in [-0.15, -0.1) is 11.3 Å². The first-order valence-corrected chi connectivity index (χ1v) is 6.86. The van der Waals surface area contributed by atoms with Crippen LogP contribution in [0.25, 0.3) is 0 Å². The predicted octanol–water partition coefficient (Wildman–Crippen LogP) is 4.20. The lowest BCUT2D eigenvalue weighted by molar-refractivity contribution is -0.115. The molecule has 1 aromatic heterocycles. The van der Waals surface area contributed by atoms with Crippen molar-refractivity contribution in [2.75, 3.05) is 5.32 Å². The van der Waals surface area contributed by atoms with Gasteiger partial charge in [-0.2, -0.15) is 0 Å². The molecular formula is C14H14ClNOS. The summed E-state index contributed by atoms with van der Waals surface area (Å²) in [5, 5.41) is 2.93. The third-order valence-electron chi connectivity index (χ3n) is 2.84. The standard InChI is InChI=1S/C14H14ClNOS/c1-9-4-3-5-12(10(9)2)16-14(17)8-11-6-7-13(15)18-11/h3-7H,8H2,1-2H3,(H,16,17). The highest BCUT2D eigenvalue weighted by molar-refractivity contribution is 7.16. The van der Waals surface area contributed by atoms with Crippen molar-refractivity contribution in [3.05, 3.63) is 50.7 Å². The van der Waals surface area contributed by atoms with Crippen LogP contribution in [0.3, 0.4) is 0 Å². The fourth-order valence-electron chi connectivity index (χ4n) is 1.69. The third-order valence-corrected chi connectivity index (χ3v) is 4.07. The second-order valence-electron chi connectivity index (χ2n) is 4.18. The minimum atomic E-state index is -0.0118. The molecule has 1 heterocycles. The summed E-state index contributed by atoms with van der Waals surface area (Å²) in [6.07, 6.45) is 0.366. The number of aryl methyl sites for hydroxylation is 1. The van der Waals surface area contributed by atoms with E-state index in [0.717, 1.165) is 16.1 Å². The van der Waals surface area contributed by atoms with Crippen LogP contribution in [-0.4, -0.2) is 5.91 Å². The van der Waals surface area contributed by atoms with Crippen molar-refractivity contribution < 1.29 is 4.79 Å². The second-order valence-corrected chi connectivity index (χ2v) is 5.98. The Balaban J connectivity index is 2.05. The molecule has 0 fully saturated rings. The van der Waals surface area contributed by atoms with E-state index in [1.807, 2.05) is 44.2 Å². The van der Waals surface area contributed by atoms with Crippen LogP contribution in [-0.2, 0) is 11.2 Å². The SMILES string of the molecule is Cc1cccc(NC(=O)Cc2ccc(Cl)s2)c1C. The fraction of sp³-hybridized carbons (Fsp3) is 0.214. The highest BCUT2D eigenvalue weighted by Crippen LogP contribution is 2.23. The van der Waals surface area contributed by atoms with Crippen molar-refractivity contribution in [1.29, 1.82) is 0 Å². The number of carbonyl (C=O) groups excluding carboxylic acids is 1. The average molecular weight is 280 g/mol. The second kappa shape index (κ2) is 5.55. The van der Waals surface area contributed by atoms with Crippen LogP contribution in [0.1, 0.15) is 16.0 Å². The van der Waals surface area contributed by atoms with Gasteiger partial charge >= 0.3 is 0 Å². The van der Waals surface area contributed by atoms with Gasteiger partial charge < -0.3 is 5.32 Å². The minimum absolute atomic E-state index is 0.0118. The Bertz CT molecular complexity index is 577. The van der Waals surface area contributed by atoms with Crippen molar-refractivity contribution in [2.45, 2.75) is 20.3 Å². The summed E-state index contributed by atoms with van der Waals surface area (Å²) in [4.78, 5) is 12.9. The largest absolute Gasteiger partial charge is 0.326 e. The van der Waals surface area contributed by atoms with E-state index in [9.17, 15) is 4.79 Å². The first-order chi connectivity index (χ1) is 8.56. The summed E-state index contributed by atoms with van der Waals surface area (Å²) in [5.74, 6) is -0.0118. The summed E-state index contributed by atoms with van der Waals surface area (Å²) in [7, 11) is 0. The molecule has 0 unspecified atom stereocenters. The zero-order valence-corrected chi connectivity index (χ0v) is 11.9. The molecule has 2 nitrogen and oxygen atoms in total. The quantitative estimate of drug-likeness (QED) is 0.896. The molecule has 0 spiro atoms. The zero-order chi connectivity index (χ0) is 13.1. The van der Waals surface area contributed by atoms with E-state index in [4.69, 9.17) is 11.6 Å². The Morgan fingerprint density at radius 2 is 2.06 bits per heavy atom. The summed E-state index contributed by atoms with van der Waals surface area (Å²) < 4.78 is 0.713. The maximum atomic E-state index is 11.9. The first-order valence-electron chi connectivity index (χ1n) is 5.66. The van der Waals surface area contributed by atoms with Crippen LogP contribution in [0.2, 0.25) is 4.34 Å². The number of amides is 1. The number of nitrogens with one attached hydrogen (secondary N) is 1. The van der Waals surface area contributed by atoms with Gasteiger partial charge in [0.2, 0.25) is 5.91 Å². The molecule has 2 rings (SSSR count). The number of rotatable bonds is 3. The van der Waals surface area contributed by atoms with Crippen LogP contribution in [0, 0.1) is 13.8 Å². The van der Waals surface area contributed by atoms with Gasteiger partial charge in [-0.1, -0.05) is 23.7 Å². The van der Waals surface area contributed by atoms with Gasteiger partial charge in [0.05, 0.1) is 10.8 Å². The Kier molecular flexibility index (Phi) is 4.04. The topological polar surface area (TPSA) is 29.1 Å². The average Bonchev–Trinajstić information content (AvgIpc) is 2.70. The number of carbonyl (C=O) groups is 1. The number of halogens is 1. The summed E-state index contributed by atoms with van der Waals surface area (Å²) >= 11 is 7.28. The van der Waals surface area contributed by atoms with E-state index in [-0.39, 0.29) is 5.91 Å². The molecule has 1 N–H and O–H groups in total. The molecular weight excluding hydrogens is 266 g/mol. The molecule has 18 heavy (non-hydrogen) atoms. The van der Waals surface area contributed by atoms with Gasteiger partial charge in [-0.3, -0.25) is 4.79 Å². The molecule has 94 valence electrons. The smallest absolute Gasteiger partial charge is 0.229 e. The fourth-order valence-corrected chi connectivity index (χ4v) is 2.77. The number of anilines is 1. The van der Waals surface area contributed by atoms with Crippen LogP contribution in [0.15, 0.2) is 30.3 Å². The number of hydrogen-bond acceptors (Lipinski definition) is 2. The van der Waals surface area contributed by atoms with Gasteiger partial charge in [0, 0.05) is 10.6 Å². The lowest BCUT2D eigenvalue weighted by Gasteiger charge is -2.09. The Hall–Kier alpha value is -1.32. The normalized spacial score (nSPS) is 10.4. The zero-order valence-electron chi connectivity index (χ0n) is 10.3. The lowest BCUT2D eigenvalue weighted by Crippen LogP contribution is -2.14.